The summed E-state index contributed by atoms with van der Waals surface area (Å²) < 4.78 is 5.90. The van der Waals surface area contributed by atoms with Crippen molar-refractivity contribution in [3.8, 4) is 11.5 Å². The molecule has 0 aromatic heterocycles. The van der Waals surface area contributed by atoms with E-state index in [9.17, 15) is 0 Å². The highest BCUT2D eigenvalue weighted by Gasteiger charge is 2.00. The van der Waals surface area contributed by atoms with E-state index in [-0.39, 0.29) is 0 Å². The first-order valence-corrected chi connectivity index (χ1v) is 6.17. The Hall–Kier alpha value is -1.80. The van der Waals surface area contributed by atoms with Gasteiger partial charge < -0.3 is 10.1 Å². The second-order valence-corrected chi connectivity index (χ2v) is 4.60. The highest BCUT2D eigenvalue weighted by atomic mass is 16.5. The lowest BCUT2D eigenvalue weighted by atomic mass is 10.1. The minimum absolute atomic E-state index is 0.851. The molecule has 94 valence electrons. The van der Waals surface area contributed by atoms with Crippen LogP contribution in [0, 0.1) is 13.8 Å². The maximum atomic E-state index is 5.90. The van der Waals surface area contributed by atoms with Crippen LogP contribution in [0.1, 0.15) is 16.7 Å². The second kappa shape index (κ2) is 5.69. The number of ether oxygens (including phenoxy) is 1. The lowest BCUT2D eigenvalue weighted by molar-refractivity contribution is 0.481. The Morgan fingerprint density at radius 1 is 0.944 bits per heavy atom. The fraction of sp³-hybridized carbons (Fsp3) is 0.250. The van der Waals surface area contributed by atoms with E-state index < -0.39 is 0 Å². The van der Waals surface area contributed by atoms with Crippen LogP contribution in [0.4, 0.5) is 0 Å². The Kier molecular flexibility index (Phi) is 4.00. The zero-order valence-corrected chi connectivity index (χ0v) is 11.2. The Balaban J connectivity index is 2.20. The summed E-state index contributed by atoms with van der Waals surface area (Å²) in [6.45, 7) is 5.01. The van der Waals surface area contributed by atoms with E-state index in [1.54, 1.807) is 0 Å². The molecular weight excluding hydrogens is 222 g/mol. The van der Waals surface area contributed by atoms with E-state index in [2.05, 4.69) is 49.5 Å². The van der Waals surface area contributed by atoms with Crippen LogP contribution in [0.25, 0.3) is 0 Å². The minimum Gasteiger partial charge on any atom is -0.457 e. The fourth-order valence-corrected chi connectivity index (χ4v) is 2.05. The number of nitrogens with one attached hydrogen (secondary N) is 1. The predicted molar refractivity (Wildman–Crippen MR) is 75.2 cm³/mol. The number of aryl methyl sites for hydroxylation is 2. The van der Waals surface area contributed by atoms with Crippen LogP contribution in [0.15, 0.2) is 42.5 Å². The molecule has 2 nitrogen and oxygen atoms in total. The third-order valence-electron chi connectivity index (χ3n) is 2.71. The van der Waals surface area contributed by atoms with Crippen LogP contribution in [0.5, 0.6) is 11.5 Å². The summed E-state index contributed by atoms with van der Waals surface area (Å²) in [6.07, 6.45) is 0. The van der Waals surface area contributed by atoms with Crippen molar-refractivity contribution < 1.29 is 4.74 Å². The van der Waals surface area contributed by atoms with Gasteiger partial charge in [0.05, 0.1) is 0 Å². The van der Waals surface area contributed by atoms with Crippen LogP contribution >= 0.6 is 0 Å². The lowest BCUT2D eigenvalue weighted by Gasteiger charge is -2.09. The van der Waals surface area contributed by atoms with Crippen LogP contribution in [0.3, 0.4) is 0 Å². The van der Waals surface area contributed by atoms with Gasteiger partial charge in [-0.2, -0.15) is 0 Å². The van der Waals surface area contributed by atoms with Gasteiger partial charge in [-0.05, 0) is 61.9 Å². The van der Waals surface area contributed by atoms with E-state index in [0.29, 0.717) is 0 Å². The SMILES string of the molecule is CNCc1cccc(Oc2cc(C)cc(C)c2)c1. The molecule has 0 radical (unpaired) electrons. The average Bonchev–Trinajstić information content (AvgIpc) is 2.28. The molecule has 2 heteroatoms. The first kappa shape index (κ1) is 12.7. The third kappa shape index (κ3) is 3.34. The summed E-state index contributed by atoms with van der Waals surface area (Å²) in [6, 6.07) is 14.4. The quantitative estimate of drug-likeness (QED) is 0.878. The zero-order chi connectivity index (χ0) is 13.0. The van der Waals surface area contributed by atoms with Crippen molar-refractivity contribution in [3.05, 3.63) is 59.2 Å². The van der Waals surface area contributed by atoms with Crippen LogP contribution in [-0.4, -0.2) is 7.05 Å². The Morgan fingerprint density at radius 2 is 1.67 bits per heavy atom. The topological polar surface area (TPSA) is 21.3 Å². The molecule has 1 N–H and O–H groups in total. The number of benzene rings is 2. The number of rotatable bonds is 4. The monoisotopic (exact) mass is 241 g/mol. The molecule has 0 heterocycles. The standard InChI is InChI=1S/C16H19NO/c1-12-7-13(2)9-16(8-12)18-15-6-4-5-14(10-15)11-17-3/h4-10,17H,11H2,1-3H3. The van der Waals surface area contributed by atoms with Crippen LogP contribution in [-0.2, 0) is 6.54 Å². The first-order chi connectivity index (χ1) is 8.67. The van der Waals surface area contributed by atoms with Crippen molar-refractivity contribution in [2.24, 2.45) is 0 Å². The largest absolute Gasteiger partial charge is 0.457 e. The van der Waals surface area contributed by atoms with E-state index in [1.165, 1.54) is 16.7 Å². The summed E-state index contributed by atoms with van der Waals surface area (Å²) in [5.41, 5.74) is 3.66. The van der Waals surface area contributed by atoms with Crippen molar-refractivity contribution in [2.45, 2.75) is 20.4 Å². The van der Waals surface area contributed by atoms with Gasteiger partial charge in [0.1, 0.15) is 11.5 Å². The second-order valence-electron chi connectivity index (χ2n) is 4.60. The van der Waals surface area contributed by atoms with E-state index in [0.717, 1.165) is 18.0 Å². The summed E-state index contributed by atoms with van der Waals surface area (Å²) in [5.74, 6) is 1.78. The van der Waals surface area contributed by atoms with Gasteiger partial charge in [-0.3, -0.25) is 0 Å². The van der Waals surface area contributed by atoms with Gasteiger partial charge in [0.2, 0.25) is 0 Å². The third-order valence-corrected chi connectivity index (χ3v) is 2.71. The predicted octanol–water partition coefficient (Wildman–Crippen LogP) is 3.82. The van der Waals surface area contributed by atoms with Crippen molar-refractivity contribution in [1.29, 1.82) is 0 Å². The van der Waals surface area contributed by atoms with Crippen LogP contribution in [0.2, 0.25) is 0 Å². The van der Waals surface area contributed by atoms with Gasteiger partial charge >= 0.3 is 0 Å². The normalized spacial score (nSPS) is 10.4. The number of hydrogen-bond acceptors (Lipinski definition) is 2. The lowest BCUT2D eigenvalue weighted by Crippen LogP contribution is -2.04. The molecule has 0 aliphatic carbocycles. The zero-order valence-electron chi connectivity index (χ0n) is 11.2. The molecule has 2 rings (SSSR count). The summed E-state index contributed by atoms with van der Waals surface area (Å²) in [5, 5.41) is 3.14. The Bertz CT molecular complexity index is 514. The summed E-state index contributed by atoms with van der Waals surface area (Å²) in [7, 11) is 1.94. The van der Waals surface area contributed by atoms with Crippen molar-refractivity contribution in [2.75, 3.05) is 7.05 Å². The van der Waals surface area contributed by atoms with E-state index in [4.69, 9.17) is 4.74 Å². The van der Waals surface area contributed by atoms with Crippen LogP contribution < -0.4 is 10.1 Å². The fourth-order valence-electron chi connectivity index (χ4n) is 2.05. The molecule has 0 bridgehead atoms. The maximum absolute atomic E-state index is 5.90. The molecule has 0 unspecified atom stereocenters. The van der Waals surface area contributed by atoms with Crippen molar-refractivity contribution in [1.82, 2.24) is 5.32 Å². The molecule has 2 aromatic rings. The van der Waals surface area contributed by atoms with Crippen molar-refractivity contribution in [3.63, 3.8) is 0 Å². The summed E-state index contributed by atoms with van der Waals surface area (Å²) in [4.78, 5) is 0. The highest BCUT2D eigenvalue weighted by Crippen LogP contribution is 2.24. The minimum atomic E-state index is 0.851. The van der Waals surface area contributed by atoms with Gasteiger partial charge in [-0.25, -0.2) is 0 Å². The highest BCUT2D eigenvalue weighted by molar-refractivity contribution is 5.38. The smallest absolute Gasteiger partial charge is 0.127 e. The molecule has 0 aliphatic rings. The van der Waals surface area contributed by atoms with Gasteiger partial charge in [0.15, 0.2) is 0 Å². The van der Waals surface area contributed by atoms with Gasteiger partial charge in [0, 0.05) is 6.54 Å². The Morgan fingerprint density at radius 3 is 2.33 bits per heavy atom. The molecule has 18 heavy (non-hydrogen) atoms. The molecule has 2 aromatic carbocycles. The molecule has 0 atom stereocenters. The van der Waals surface area contributed by atoms with Gasteiger partial charge in [-0.15, -0.1) is 0 Å². The Labute approximate surface area is 109 Å². The molecule has 0 saturated carbocycles. The number of hydrogen-bond donors (Lipinski definition) is 1. The molecule has 0 spiro atoms. The average molecular weight is 241 g/mol. The van der Waals surface area contributed by atoms with E-state index >= 15 is 0 Å². The molecule has 0 amide bonds. The van der Waals surface area contributed by atoms with Gasteiger partial charge in [0.25, 0.3) is 0 Å². The summed E-state index contributed by atoms with van der Waals surface area (Å²) >= 11 is 0. The molecule has 0 aliphatic heterocycles. The van der Waals surface area contributed by atoms with E-state index in [1.807, 2.05) is 19.2 Å². The molecule has 0 saturated heterocycles. The van der Waals surface area contributed by atoms with Gasteiger partial charge in [-0.1, -0.05) is 18.2 Å². The van der Waals surface area contributed by atoms with Crippen molar-refractivity contribution >= 4 is 0 Å². The molecule has 0 fully saturated rings. The first-order valence-electron chi connectivity index (χ1n) is 6.17. The maximum Gasteiger partial charge on any atom is 0.127 e. The molecular formula is C16H19NO.